The maximum Gasteiger partial charge on any atom is 0.172 e. The highest BCUT2D eigenvalue weighted by atomic mass is 16.7. The minimum atomic E-state index is -0.355. The maximum absolute atomic E-state index is 12.6. The van der Waals surface area contributed by atoms with Gasteiger partial charge in [0, 0.05) is 23.7 Å². The maximum atomic E-state index is 12.6. The molecule has 0 amide bonds. The van der Waals surface area contributed by atoms with E-state index in [0.717, 1.165) is 45.3 Å². The number of ketones is 1. The molecule has 0 aromatic heterocycles. The summed E-state index contributed by atoms with van der Waals surface area (Å²) in [5.74, 6) is 1.88. The van der Waals surface area contributed by atoms with Gasteiger partial charge in [0.05, 0.1) is 13.2 Å². The van der Waals surface area contributed by atoms with Gasteiger partial charge in [0.15, 0.2) is 11.6 Å². The molecule has 1 heterocycles. The van der Waals surface area contributed by atoms with E-state index in [1.165, 1.54) is 19.3 Å². The standard InChI is InChI=1S/C24H34O3/c1-4-23-11-9-18-17-10-12-24(26-14-22(2,3)15-27-24)13-16(17)5-6-19(18)20(23)7-8-21(23)25/h7-8,18-20H,4-6,9-15H2,1-3H3/t18-,19-,20+,23+/m1/s1. The van der Waals surface area contributed by atoms with Crippen molar-refractivity contribution in [3.05, 3.63) is 23.3 Å². The molecule has 0 N–H and O–H groups in total. The highest BCUT2D eigenvalue weighted by molar-refractivity contribution is 5.98. The second-order valence-electron chi connectivity index (χ2n) is 10.6. The SMILES string of the molecule is CC[C@]12CC[C@@H]3C4=C(CC[C@H]3[C@@H]1C=CC2=O)CC1(CC4)OCC(C)(C)CO1. The molecule has 0 radical (unpaired) electrons. The topological polar surface area (TPSA) is 35.5 Å². The van der Waals surface area contributed by atoms with Crippen LogP contribution in [0.3, 0.4) is 0 Å². The van der Waals surface area contributed by atoms with Crippen molar-refractivity contribution < 1.29 is 14.3 Å². The highest BCUT2D eigenvalue weighted by Crippen LogP contribution is 2.60. The van der Waals surface area contributed by atoms with Crippen molar-refractivity contribution in [2.24, 2.45) is 28.6 Å². The molecule has 3 nitrogen and oxygen atoms in total. The normalized spacial score (nSPS) is 42.0. The van der Waals surface area contributed by atoms with E-state index in [1.54, 1.807) is 11.1 Å². The first-order chi connectivity index (χ1) is 12.9. The summed E-state index contributed by atoms with van der Waals surface area (Å²) in [5, 5.41) is 0. The van der Waals surface area contributed by atoms with Crippen LogP contribution >= 0.6 is 0 Å². The van der Waals surface area contributed by atoms with E-state index < -0.39 is 0 Å². The molecule has 148 valence electrons. The molecule has 1 saturated carbocycles. The molecule has 5 aliphatic rings. The van der Waals surface area contributed by atoms with Gasteiger partial charge in [0.25, 0.3) is 0 Å². The average molecular weight is 371 g/mol. The number of hydrogen-bond donors (Lipinski definition) is 0. The van der Waals surface area contributed by atoms with Crippen LogP contribution < -0.4 is 0 Å². The lowest BCUT2D eigenvalue weighted by Gasteiger charge is -2.53. The molecule has 0 unspecified atom stereocenters. The van der Waals surface area contributed by atoms with Gasteiger partial charge >= 0.3 is 0 Å². The summed E-state index contributed by atoms with van der Waals surface area (Å²) in [6.07, 6.45) is 13.0. The van der Waals surface area contributed by atoms with Crippen LogP contribution in [0, 0.1) is 28.6 Å². The Labute approximate surface area is 163 Å². The molecule has 1 aliphatic heterocycles. The second kappa shape index (κ2) is 6.03. The lowest BCUT2D eigenvalue weighted by atomic mass is 9.53. The Morgan fingerprint density at radius 3 is 2.63 bits per heavy atom. The third-order valence-corrected chi connectivity index (χ3v) is 8.49. The molecular weight excluding hydrogens is 336 g/mol. The predicted octanol–water partition coefficient (Wildman–Crippen LogP) is 5.21. The van der Waals surface area contributed by atoms with Crippen molar-refractivity contribution in [1.82, 2.24) is 0 Å². The van der Waals surface area contributed by atoms with Gasteiger partial charge in [-0.3, -0.25) is 4.79 Å². The second-order valence-corrected chi connectivity index (χ2v) is 10.6. The molecule has 3 heteroatoms. The van der Waals surface area contributed by atoms with Crippen molar-refractivity contribution in [3.63, 3.8) is 0 Å². The molecule has 1 spiro atoms. The molecule has 27 heavy (non-hydrogen) atoms. The lowest BCUT2D eigenvalue weighted by Crippen LogP contribution is -2.51. The minimum absolute atomic E-state index is 0.0731. The van der Waals surface area contributed by atoms with Gasteiger partial charge < -0.3 is 9.47 Å². The van der Waals surface area contributed by atoms with Gasteiger partial charge in [-0.15, -0.1) is 0 Å². The number of hydrogen-bond acceptors (Lipinski definition) is 3. The number of carbonyl (C=O) groups is 1. The van der Waals surface area contributed by atoms with E-state index in [1.807, 2.05) is 6.08 Å². The monoisotopic (exact) mass is 370 g/mol. The quantitative estimate of drug-likeness (QED) is 0.595. The van der Waals surface area contributed by atoms with Crippen LogP contribution in [0.15, 0.2) is 23.3 Å². The zero-order valence-corrected chi connectivity index (χ0v) is 17.2. The fourth-order valence-corrected chi connectivity index (χ4v) is 6.88. The largest absolute Gasteiger partial charge is 0.349 e. The number of rotatable bonds is 1. The van der Waals surface area contributed by atoms with Crippen LogP contribution in [0.4, 0.5) is 0 Å². The summed E-state index contributed by atoms with van der Waals surface area (Å²) in [4.78, 5) is 12.6. The van der Waals surface area contributed by atoms with Gasteiger partial charge in [-0.2, -0.15) is 0 Å². The Morgan fingerprint density at radius 1 is 1.11 bits per heavy atom. The first kappa shape index (κ1) is 18.1. The smallest absolute Gasteiger partial charge is 0.172 e. The summed E-state index contributed by atoms with van der Waals surface area (Å²) < 4.78 is 12.6. The van der Waals surface area contributed by atoms with E-state index >= 15 is 0 Å². The summed E-state index contributed by atoms with van der Waals surface area (Å²) in [5.41, 5.74) is 3.40. The van der Waals surface area contributed by atoms with Crippen LogP contribution in [0.2, 0.25) is 0 Å². The van der Waals surface area contributed by atoms with Crippen molar-refractivity contribution >= 4 is 5.78 Å². The van der Waals surface area contributed by atoms with Crippen LogP contribution in [-0.2, 0) is 14.3 Å². The van der Waals surface area contributed by atoms with E-state index in [2.05, 4.69) is 26.8 Å². The third kappa shape index (κ3) is 2.64. The first-order valence-corrected chi connectivity index (χ1v) is 11.1. The summed E-state index contributed by atoms with van der Waals surface area (Å²) in [7, 11) is 0. The third-order valence-electron chi connectivity index (χ3n) is 8.49. The van der Waals surface area contributed by atoms with E-state index in [-0.39, 0.29) is 16.6 Å². The Kier molecular flexibility index (Phi) is 4.05. The summed E-state index contributed by atoms with van der Waals surface area (Å²) in [6.45, 7) is 8.26. The van der Waals surface area contributed by atoms with Crippen LogP contribution in [0.1, 0.15) is 72.1 Å². The van der Waals surface area contributed by atoms with E-state index in [0.29, 0.717) is 23.5 Å². The lowest BCUT2D eigenvalue weighted by molar-refractivity contribution is -0.303. The molecule has 0 aromatic rings. The number of carbonyl (C=O) groups excluding carboxylic acids is 1. The first-order valence-electron chi connectivity index (χ1n) is 11.1. The van der Waals surface area contributed by atoms with Crippen LogP contribution in [-0.4, -0.2) is 24.8 Å². The van der Waals surface area contributed by atoms with Crippen molar-refractivity contribution in [3.8, 4) is 0 Å². The van der Waals surface area contributed by atoms with Gasteiger partial charge in [0.2, 0.25) is 0 Å². The van der Waals surface area contributed by atoms with Crippen molar-refractivity contribution in [1.29, 1.82) is 0 Å². The number of ether oxygens (including phenoxy) is 2. The van der Waals surface area contributed by atoms with E-state index in [9.17, 15) is 4.79 Å². The van der Waals surface area contributed by atoms with Gasteiger partial charge in [-0.05, 0) is 62.4 Å². The molecular formula is C24H34O3. The Balaban J connectivity index is 1.38. The van der Waals surface area contributed by atoms with Gasteiger partial charge in [-0.1, -0.05) is 38.0 Å². The van der Waals surface area contributed by atoms with Crippen LogP contribution in [0.5, 0.6) is 0 Å². The Hall–Kier alpha value is -0.930. The zero-order chi connectivity index (χ0) is 18.9. The predicted molar refractivity (Wildman–Crippen MR) is 105 cm³/mol. The summed E-state index contributed by atoms with van der Waals surface area (Å²) >= 11 is 0. The highest BCUT2D eigenvalue weighted by Gasteiger charge is 2.55. The Morgan fingerprint density at radius 2 is 1.89 bits per heavy atom. The van der Waals surface area contributed by atoms with E-state index in [4.69, 9.17) is 9.47 Å². The van der Waals surface area contributed by atoms with Crippen LogP contribution in [0.25, 0.3) is 0 Å². The molecule has 5 rings (SSSR count). The zero-order valence-electron chi connectivity index (χ0n) is 17.2. The summed E-state index contributed by atoms with van der Waals surface area (Å²) in [6, 6.07) is 0. The molecule has 4 atom stereocenters. The van der Waals surface area contributed by atoms with Crippen molar-refractivity contribution in [2.75, 3.05) is 13.2 Å². The molecule has 0 aromatic carbocycles. The molecule has 4 aliphatic carbocycles. The number of fused-ring (bicyclic) bond motifs is 4. The minimum Gasteiger partial charge on any atom is -0.349 e. The van der Waals surface area contributed by atoms with Gasteiger partial charge in [0.1, 0.15) is 0 Å². The average Bonchev–Trinajstić information content (AvgIpc) is 3.01. The van der Waals surface area contributed by atoms with Gasteiger partial charge in [-0.25, -0.2) is 0 Å². The fraction of sp³-hybridized carbons (Fsp3) is 0.792. The number of allylic oxidation sites excluding steroid dienone is 3. The fourth-order valence-electron chi connectivity index (χ4n) is 6.88. The molecule has 1 saturated heterocycles. The Bertz CT molecular complexity index is 705. The molecule has 2 fully saturated rings. The van der Waals surface area contributed by atoms with Crippen molar-refractivity contribution in [2.45, 2.75) is 77.9 Å². The molecule has 0 bridgehead atoms.